The highest BCUT2D eigenvalue weighted by Gasteiger charge is 2.30. The summed E-state index contributed by atoms with van der Waals surface area (Å²) in [5, 5.41) is 3.47. The van der Waals surface area contributed by atoms with Gasteiger partial charge < -0.3 is 10.2 Å². The summed E-state index contributed by atoms with van der Waals surface area (Å²) in [6.07, 6.45) is 0. The van der Waals surface area contributed by atoms with Gasteiger partial charge in [-0.05, 0) is 50.6 Å². The summed E-state index contributed by atoms with van der Waals surface area (Å²) in [5.41, 5.74) is 1.51. The number of sulfonamides is 1. The summed E-state index contributed by atoms with van der Waals surface area (Å²) in [7, 11) is -2.55. The van der Waals surface area contributed by atoms with Gasteiger partial charge in [0.2, 0.25) is 21.8 Å². The zero-order valence-corrected chi connectivity index (χ0v) is 20.8. The van der Waals surface area contributed by atoms with Gasteiger partial charge in [0.25, 0.3) is 0 Å². The van der Waals surface area contributed by atoms with Crippen LogP contribution in [0.15, 0.2) is 47.4 Å². The van der Waals surface area contributed by atoms with Crippen LogP contribution in [0.5, 0.6) is 0 Å². The first-order valence-corrected chi connectivity index (χ1v) is 12.2. The summed E-state index contributed by atoms with van der Waals surface area (Å²) >= 11 is 12.2. The Morgan fingerprint density at radius 1 is 1.09 bits per heavy atom. The molecule has 0 bridgehead atoms. The normalized spacial score (nSPS) is 12.5. The number of hydrogen-bond acceptors (Lipinski definition) is 4. The lowest BCUT2D eigenvalue weighted by Crippen LogP contribution is -2.50. The van der Waals surface area contributed by atoms with Gasteiger partial charge in [0.1, 0.15) is 6.04 Å². The van der Waals surface area contributed by atoms with Crippen molar-refractivity contribution in [1.82, 2.24) is 14.5 Å². The van der Waals surface area contributed by atoms with Gasteiger partial charge in [0.05, 0.1) is 11.4 Å². The largest absolute Gasteiger partial charge is 0.355 e. The molecular formula is C22H27Cl2N3O4S. The molecule has 1 atom stereocenters. The van der Waals surface area contributed by atoms with Crippen molar-refractivity contribution in [2.75, 3.05) is 20.1 Å². The minimum absolute atomic E-state index is 0.0194. The Labute approximate surface area is 199 Å². The Kier molecular flexibility index (Phi) is 9.09. The number of nitrogens with zero attached hydrogens (tertiary/aromatic N) is 2. The topological polar surface area (TPSA) is 86.8 Å². The average molecular weight is 500 g/mol. The smallest absolute Gasteiger partial charge is 0.243 e. The highest BCUT2D eigenvalue weighted by atomic mass is 35.5. The van der Waals surface area contributed by atoms with Crippen molar-refractivity contribution in [3.05, 3.63) is 63.6 Å². The second kappa shape index (κ2) is 11.1. The predicted molar refractivity (Wildman–Crippen MR) is 126 cm³/mol. The van der Waals surface area contributed by atoms with Crippen LogP contribution >= 0.6 is 23.2 Å². The Hall–Kier alpha value is -2.13. The maximum absolute atomic E-state index is 13.2. The van der Waals surface area contributed by atoms with Crippen LogP contribution in [0, 0.1) is 6.92 Å². The summed E-state index contributed by atoms with van der Waals surface area (Å²) < 4.78 is 26.8. The third-order valence-electron chi connectivity index (χ3n) is 4.96. The third-order valence-corrected chi connectivity index (χ3v) is 7.37. The fourth-order valence-electron chi connectivity index (χ4n) is 2.99. The number of benzene rings is 2. The predicted octanol–water partition coefficient (Wildman–Crippen LogP) is 3.48. The number of likely N-dealkylation sites (N-methyl/N-ethyl adjacent to an activating group) is 2. The lowest BCUT2D eigenvalue weighted by molar-refractivity contribution is -0.140. The molecule has 0 unspecified atom stereocenters. The molecule has 174 valence electrons. The number of rotatable bonds is 9. The Bertz CT molecular complexity index is 1080. The monoisotopic (exact) mass is 499 g/mol. The third kappa shape index (κ3) is 6.45. The van der Waals surface area contributed by atoms with Crippen molar-refractivity contribution in [3.63, 3.8) is 0 Å². The molecule has 0 heterocycles. The average Bonchev–Trinajstić information content (AvgIpc) is 2.73. The van der Waals surface area contributed by atoms with Gasteiger partial charge in [0.15, 0.2) is 0 Å². The van der Waals surface area contributed by atoms with E-state index in [4.69, 9.17) is 23.2 Å². The number of carbonyl (C=O) groups is 2. The molecule has 2 rings (SSSR count). The maximum Gasteiger partial charge on any atom is 0.243 e. The molecule has 1 N–H and O–H groups in total. The van der Waals surface area contributed by atoms with Crippen LogP contribution in [0.4, 0.5) is 0 Å². The molecule has 2 aromatic carbocycles. The first kappa shape index (κ1) is 26.1. The number of halogens is 2. The lowest BCUT2D eigenvalue weighted by atomic mass is 10.1. The van der Waals surface area contributed by atoms with Crippen molar-refractivity contribution < 1.29 is 18.0 Å². The van der Waals surface area contributed by atoms with E-state index >= 15 is 0 Å². The van der Waals surface area contributed by atoms with Gasteiger partial charge in [-0.1, -0.05) is 47.0 Å². The van der Waals surface area contributed by atoms with Gasteiger partial charge in [0, 0.05) is 30.2 Å². The highest BCUT2D eigenvalue weighted by molar-refractivity contribution is 7.89. The molecule has 32 heavy (non-hydrogen) atoms. The zero-order chi connectivity index (χ0) is 24.1. The van der Waals surface area contributed by atoms with E-state index in [1.54, 1.807) is 44.2 Å². The van der Waals surface area contributed by atoms with E-state index < -0.39 is 28.5 Å². The van der Waals surface area contributed by atoms with Gasteiger partial charge in [-0.25, -0.2) is 8.42 Å². The van der Waals surface area contributed by atoms with Crippen LogP contribution in [-0.2, 0) is 26.2 Å². The summed E-state index contributed by atoms with van der Waals surface area (Å²) in [6, 6.07) is 10.4. The molecule has 2 amide bonds. The quantitative estimate of drug-likeness (QED) is 0.571. The second-order valence-electron chi connectivity index (χ2n) is 7.40. The van der Waals surface area contributed by atoms with E-state index in [-0.39, 0.29) is 17.3 Å². The highest BCUT2D eigenvalue weighted by Crippen LogP contribution is 2.23. The minimum atomic E-state index is -3.89. The van der Waals surface area contributed by atoms with Crippen molar-refractivity contribution in [2.45, 2.75) is 38.3 Å². The molecule has 0 aliphatic heterocycles. The van der Waals surface area contributed by atoms with Crippen LogP contribution in [0.1, 0.15) is 25.0 Å². The fourth-order valence-corrected chi connectivity index (χ4v) is 4.58. The number of nitrogens with one attached hydrogen (secondary N) is 1. The van der Waals surface area contributed by atoms with Crippen LogP contribution in [0.25, 0.3) is 0 Å². The van der Waals surface area contributed by atoms with Crippen molar-refractivity contribution >= 4 is 45.0 Å². The van der Waals surface area contributed by atoms with Gasteiger partial charge >= 0.3 is 0 Å². The van der Waals surface area contributed by atoms with Gasteiger partial charge in [-0.3, -0.25) is 9.59 Å². The first-order chi connectivity index (χ1) is 15.0. The van der Waals surface area contributed by atoms with Crippen LogP contribution in [-0.4, -0.2) is 55.6 Å². The lowest BCUT2D eigenvalue weighted by Gasteiger charge is -2.30. The Balaban J connectivity index is 2.30. The van der Waals surface area contributed by atoms with Crippen LogP contribution < -0.4 is 5.32 Å². The molecule has 0 radical (unpaired) electrons. The number of amides is 2. The van der Waals surface area contributed by atoms with Crippen molar-refractivity contribution in [1.29, 1.82) is 0 Å². The SMILES string of the molecule is CCNC(=O)[C@H](C)N(Cc1ccc(Cl)cc1Cl)C(=O)CN(C)S(=O)(=O)c1ccc(C)cc1. The van der Waals surface area contributed by atoms with E-state index in [0.29, 0.717) is 22.2 Å². The maximum atomic E-state index is 13.2. The summed E-state index contributed by atoms with van der Waals surface area (Å²) in [5.74, 6) is -0.886. The molecule has 7 nitrogen and oxygen atoms in total. The first-order valence-electron chi connectivity index (χ1n) is 10.0. The molecule has 0 aromatic heterocycles. The Morgan fingerprint density at radius 3 is 2.28 bits per heavy atom. The molecule has 0 saturated heterocycles. The zero-order valence-electron chi connectivity index (χ0n) is 18.4. The van der Waals surface area contributed by atoms with Gasteiger partial charge in [-0.2, -0.15) is 4.31 Å². The standard InChI is InChI=1S/C22H27Cl2N3O4S/c1-5-25-22(29)16(3)27(13-17-8-9-18(23)12-20(17)24)21(28)14-26(4)32(30,31)19-10-6-15(2)7-11-19/h6-12,16H,5,13-14H2,1-4H3,(H,25,29)/t16-/m0/s1. The van der Waals surface area contributed by atoms with Crippen molar-refractivity contribution in [2.24, 2.45) is 0 Å². The van der Waals surface area contributed by atoms with Crippen molar-refractivity contribution in [3.8, 4) is 0 Å². The van der Waals surface area contributed by atoms with Crippen LogP contribution in [0.3, 0.4) is 0 Å². The van der Waals surface area contributed by atoms with Crippen LogP contribution in [0.2, 0.25) is 10.0 Å². The molecule has 0 fully saturated rings. The fraction of sp³-hybridized carbons (Fsp3) is 0.364. The molecule has 2 aromatic rings. The Morgan fingerprint density at radius 2 is 1.72 bits per heavy atom. The number of carbonyl (C=O) groups excluding carboxylic acids is 2. The molecule has 0 spiro atoms. The molecule has 0 saturated carbocycles. The van der Waals surface area contributed by atoms with E-state index in [2.05, 4.69) is 5.32 Å². The van der Waals surface area contributed by atoms with E-state index in [1.165, 1.54) is 24.1 Å². The van der Waals surface area contributed by atoms with E-state index in [1.807, 2.05) is 6.92 Å². The molecule has 10 heteroatoms. The summed E-state index contributed by atoms with van der Waals surface area (Å²) in [6.45, 7) is 5.19. The molecular weight excluding hydrogens is 473 g/mol. The summed E-state index contributed by atoms with van der Waals surface area (Å²) in [4.78, 5) is 27.0. The van der Waals surface area contributed by atoms with E-state index in [0.717, 1.165) is 9.87 Å². The number of aryl methyl sites for hydroxylation is 1. The van der Waals surface area contributed by atoms with Gasteiger partial charge in [-0.15, -0.1) is 0 Å². The van der Waals surface area contributed by atoms with E-state index in [9.17, 15) is 18.0 Å². The second-order valence-corrected chi connectivity index (χ2v) is 10.3. The molecule has 0 aliphatic carbocycles. The molecule has 0 aliphatic rings. The number of hydrogen-bond donors (Lipinski definition) is 1. The minimum Gasteiger partial charge on any atom is -0.355 e.